The first-order chi connectivity index (χ1) is 10.1. The molecule has 2 rings (SSSR count). The summed E-state index contributed by atoms with van der Waals surface area (Å²) in [5.41, 5.74) is 2.55. The van der Waals surface area contributed by atoms with E-state index in [9.17, 15) is 4.79 Å². The number of carbonyl (C=O) groups excluding carboxylic acids is 1. The molecule has 110 valence electrons. The van der Waals surface area contributed by atoms with Crippen molar-refractivity contribution in [2.24, 2.45) is 0 Å². The van der Waals surface area contributed by atoms with Gasteiger partial charge in [-0.1, -0.05) is 12.1 Å². The van der Waals surface area contributed by atoms with Crippen LogP contribution in [0.15, 0.2) is 48.8 Å². The number of para-hydroxylation sites is 1. The van der Waals surface area contributed by atoms with E-state index in [2.05, 4.69) is 15.6 Å². The fourth-order valence-electron chi connectivity index (χ4n) is 2.13. The maximum atomic E-state index is 12.5. The highest BCUT2D eigenvalue weighted by atomic mass is 16.1. The van der Waals surface area contributed by atoms with Gasteiger partial charge in [-0.3, -0.25) is 9.78 Å². The minimum atomic E-state index is -0.0805. The van der Waals surface area contributed by atoms with Crippen molar-refractivity contribution in [1.29, 1.82) is 0 Å². The van der Waals surface area contributed by atoms with E-state index < -0.39 is 0 Å². The lowest BCUT2D eigenvalue weighted by atomic mass is 10.1. The molecule has 0 spiro atoms. The van der Waals surface area contributed by atoms with Crippen molar-refractivity contribution in [2.75, 3.05) is 5.32 Å². The predicted octanol–water partition coefficient (Wildman–Crippen LogP) is 3.39. The highest BCUT2D eigenvalue weighted by molar-refractivity contribution is 5.99. The highest BCUT2D eigenvalue weighted by Crippen LogP contribution is 2.18. The van der Waals surface area contributed by atoms with Gasteiger partial charge < -0.3 is 10.6 Å². The number of hydrogen-bond donors (Lipinski definition) is 2. The molecule has 1 amide bonds. The SMILES string of the molecule is CC(C)Nc1ccccc1C(=O)N[C@H](C)c1ccncc1. The number of aromatic nitrogens is 1. The number of hydrogen-bond acceptors (Lipinski definition) is 3. The molecule has 4 heteroatoms. The molecule has 0 unspecified atom stereocenters. The summed E-state index contributed by atoms with van der Waals surface area (Å²) in [5.74, 6) is -0.0805. The molecule has 21 heavy (non-hydrogen) atoms. The smallest absolute Gasteiger partial charge is 0.253 e. The van der Waals surface area contributed by atoms with Crippen molar-refractivity contribution in [3.8, 4) is 0 Å². The van der Waals surface area contributed by atoms with Gasteiger partial charge in [0.2, 0.25) is 0 Å². The Kier molecular flexibility index (Phi) is 4.93. The zero-order valence-corrected chi connectivity index (χ0v) is 12.6. The molecule has 1 atom stereocenters. The molecule has 0 aliphatic carbocycles. The fourth-order valence-corrected chi connectivity index (χ4v) is 2.13. The molecular weight excluding hydrogens is 262 g/mol. The third-order valence-electron chi connectivity index (χ3n) is 3.17. The van der Waals surface area contributed by atoms with Crippen molar-refractivity contribution in [3.63, 3.8) is 0 Å². The average Bonchev–Trinajstić information content (AvgIpc) is 2.48. The summed E-state index contributed by atoms with van der Waals surface area (Å²) in [6, 6.07) is 11.6. The Bertz CT molecular complexity index is 596. The van der Waals surface area contributed by atoms with Gasteiger partial charge >= 0.3 is 0 Å². The summed E-state index contributed by atoms with van der Waals surface area (Å²) >= 11 is 0. The minimum Gasteiger partial charge on any atom is -0.382 e. The van der Waals surface area contributed by atoms with E-state index in [4.69, 9.17) is 0 Å². The number of anilines is 1. The summed E-state index contributed by atoms with van der Waals surface area (Å²) < 4.78 is 0. The Morgan fingerprint density at radius 3 is 2.38 bits per heavy atom. The van der Waals surface area contributed by atoms with Crippen LogP contribution in [0.3, 0.4) is 0 Å². The second kappa shape index (κ2) is 6.88. The van der Waals surface area contributed by atoms with E-state index in [0.717, 1.165) is 11.3 Å². The second-order valence-corrected chi connectivity index (χ2v) is 5.32. The van der Waals surface area contributed by atoms with E-state index in [1.54, 1.807) is 12.4 Å². The molecule has 1 heterocycles. The van der Waals surface area contributed by atoms with Crippen LogP contribution in [0.1, 0.15) is 42.7 Å². The van der Waals surface area contributed by atoms with E-state index in [1.807, 2.05) is 57.2 Å². The molecule has 0 aliphatic heterocycles. The Morgan fingerprint density at radius 2 is 1.71 bits per heavy atom. The number of amides is 1. The molecule has 0 saturated heterocycles. The van der Waals surface area contributed by atoms with Gasteiger partial charge in [-0.15, -0.1) is 0 Å². The van der Waals surface area contributed by atoms with Crippen LogP contribution in [0.5, 0.6) is 0 Å². The topological polar surface area (TPSA) is 54.0 Å². The van der Waals surface area contributed by atoms with Gasteiger partial charge in [-0.05, 0) is 50.6 Å². The zero-order chi connectivity index (χ0) is 15.2. The number of pyridine rings is 1. The summed E-state index contributed by atoms with van der Waals surface area (Å²) in [7, 11) is 0. The number of benzene rings is 1. The van der Waals surface area contributed by atoms with Crippen molar-refractivity contribution < 1.29 is 4.79 Å². The largest absolute Gasteiger partial charge is 0.382 e. The molecule has 0 fully saturated rings. The Labute approximate surface area is 125 Å². The molecule has 4 nitrogen and oxygen atoms in total. The summed E-state index contributed by atoms with van der Waals surface area (Å²) in [4.78, 5) is 16.5. The summed E-state index contributed by atoms with van der Waals surface area (Å²) in [6.45, 7) is 6.06. The first-order valence-corrected chi connectivity index (χ1v) is 7.14. The van der Waals surface area contributed by atoms with Gasteiger partial charge in [0.1, 0.15) is 0 Å². The van der Waals surface area contributed by atoms with Crippen molar-refractivity contribution in [2.45, 2.75) is 32.9 Å². The third-order valence-corrected chi connectivity index (χ3v) is 3.17. The van der Waals surface area contributed by atoms with E-state index in [0.29, 0.717) is 5.56 Å². The number of nitrogens with zero attached hydrogens (tertiary/aromatic N) is 1. The molecular formula is C17H21N3O. The molecule has 1 aromatic carbocycles. The lowest BCUT2D eigenvalue weighted by Gasteiger charge is -2.17. The van der Waals surface area contributed by atoms with Crippen LogP contribution >= 0.6 is 0 Å². The van der Waals surface area contributed by atoms with Gasteiger partial charge in [0.25, 0.3) is 5.91 Å². The van der Waals surface area contributed by atoms with E-state index >= 15 is 0 Å². The highest BCUT2D eigenvalue weighted by Gasteiger charge is 2.14. The van der Waals surface area contributed by atoms with Crippen LogP contribution in [0.4, 0.5) is 5.69 Å². The number of carbonyl (C=O) groups is 1. The Morgan fingerprint density at radius 1 is 1.05 bits per heavy atom. The second-order valence-electron chi connectivity index (χ2n) is 5.32. The van der Waals surface area contributed by atoms with Crippen LogP contribution in [0, 0.1) is 0 Å². The average molecular weight is 283 g/mol. The Balaban J connectivity index is 2.14. The van der Waals surface area contributed by atoms with Gasteiger partial charge in [0.05, 0.1) is 11.6 Å². The van der Waals surface area contributed by atoms with E-state index in [-0.39, 0.29) is 18.0 Å². The van der Waals surface area contributed by atoms with Gasteiger partial charge in [0.15, 0.2) is 0 Å². The minimum absolute atomic E-state index is 0.0624. The van der Waals surface area contributed by atoms with Crippen LogP contribution in [0.25, 0.3) is 0 Å². The molecule has 1 aromatic heterocycles. The standard InChI is InChI=1S/C17H21N3O/c1-12(2)19-16-7-5-4-6-15(16)17(21)20-13(3)14-8-10-18-11-9-14/h4-13,19H,1-3H3,(H,20,21)/t13-/m1/s1. The molecule has 2 aromatic rings. The van der Waals surface area contributed by atoms with Gasteiger partial charge in [-0.25, -0.2) is 0 Å². The third kappa shape index (κ3) is 4.05. The predicted molar refractivity (Wildman–Crippen MR) is 85.3 cm³/mol. The molecule has 0 aliphatic rings. The molecule has 0 bridgehead atoms. The lowest BCUT2D eigenvalue weighted by molar-refractivity contribution is 0.0940. The number of nitrogens with one attached hydrogen (secondary N) is 2. The molecule has 0 radical (unpaired) electrons. The van der Waals surface area contributed by atoms with Crippen LogP contribution in [-0.2, 0) is 0 Å². The van der Waals surface area contributed by atoms with Gasteiger partial charge in [0, 0.05) is 24.1 Å². The molecule has 2 N–H and O–H groups in total. The fraction of sp³-hybridized carbons (Fsp3) is 0.294. The van der Waals surface area contributed by atoms with Crippen LogP contribution in [0.2, 0.25) is 0 Å². The normalized spacial score (nSPS) is 12.0. The quantitative estimate of drug-likeness (QED) is 0.884. The van der Waals surface area contributed by atoms with Crippen LogP contribution < -0.4 is 10.6 Å². The van der Waals surface area contributed by atoms with Crippen molar-refractivity contribution in [3.05, 3.63) is 59.9 Å². The first-order valence-electron chi connectivity index (χ1n) is 7.14. The zero-order valence-electron chi connectivity index (χ0n) is 12.6. The first kappa shape index (κ1) is 15.0. The maximum absolute atomic E-state index is 12.5. The van der Waals surface area contributed by atoms with Crippen molar-refractivity contribution in [1.82, 2.24) is 10.3 Å². The monoisotopic (exact) mass is 283 g/mol. The summed E-state index contributed by atoms with van der Waals surface area (Å²) in [5, 5.41) is 6.32. The van der Waals surface area contributed by atoms with Crippen LogP contribution in [-0.4, -0.2) is 16.9 Å². The Hall–Kier alpha value is -2.36. The van der Waals surface area contributed by atoms with Crippen molar-refractivity contribution >= 4 is 11.6 Å². The van der Waals surface area contributed by atoms with Gasteiger partial charge in [-0.2, -0.15) is 0 Å². The summed E-state index contributed by atoms with van der Waals surface area (Å²) in [6.07, 6.45) is 3.46. The maximum Gasteiger partial charge on any atom is 0.253 e. The molecule has 0 saturated carbocycles. The lowest BCUT2D eigenvalue weighted by Crippen LogP contribution is -2.28. The number of rotatable bonds is 5. The van der Waals surface area contributed by atoms with E-state index in [1.165, 1.54) is 0 Å².